The summed E-state index contributed by atoms with van der Waals surface area (Å²) in [6, 6.07) is 0. The first kappa shape index (κ1) is 8.97. The number of hydrogen-bond acceptors (Lipinski definition) is 1. The van der Waals surface area contributed by atoms with Crippen LogP contribution in [-0.2, 0) is 0 Å². The number of aliphatic hydroxyl groups is 1. The molecule has 1 N–H and O–H groups in total. The largest absolute Gasteiger partial charge is 0.396 e. The van der Waals surface area contributed by atoms with E-state index in [1.165, 1.54) is 12.8 Å². The van der Waals surface area contributed by atoms with Crippen LogP contribution in [0.5, 0.6) is 0 Å². The fraction of sp³-hybridized carbons (Fsp3) is 1.00. The van der Waals surface area contributed by atoms with Gasteiger partial charge in [-0.3, -0.25) is 0 Å². The molecule has 6 unspecified atom stereocenters. The van der Waals surface area contributed by atoms with Crippen LogP contribution < -0.4 is 0 Å². The maximum absolute atomic E-state index is 9.44. The van der Waals surface area contributed by atoms with E-state index >= 15 is 0 Å². The van der Waals surface area contributed by atoms with Crippen molar-refractivity contribution in [2.24, 2.45) is 23.2 Å². The Bertz CT molecular complexity index is 192. The standard InChI is InChI=1S/C10H19OP/c1-6-3-8-4-10(6,5-11)9(8)7(2)12/h6-9,11H,3-5,12H2,1-2H3. The maximum atomic E-state index is 9.44. The van der Waals surface area contributed by atoms with Gasteiger partial charge in [-0.25, -0.2) is 0 Å². The molecule has 0 heterocycles. The summed E-state index contributed by atoms with van der Waals surface area (Å²) in [5.41, 5.74) is 0.993. The van der Waals surface area contributed by atoms with Crippen LogP contribution in [0.15, 0.2) is 0 Å². The SMILES string of the molecule is CC(P)C1C2CC(C)C1(CO)C2. The van der Waals surface area contributed by atoms with E-state index in [2.05, 4.69) is 23.1 Å². The molecule has 0 aromatic rings. The van der Waals surface area contributed by atoms with Gasteiger partial charge >= 0.3 is 0 Å². The molecule has 3 saturated carbocycles. The van der Waals surface area contributed by atoms with E-state index in [4.69, 9.17) is 0 Å². The minimum atomic E-state index is 0.311. The molecule has 2 heteroatoms. The zero-order valence-corrected chi connectivity index (χ0v) is 9.11. The highest BCUT2D eigenvalue weighted by Gasteiger charge is 2.63. The molecule has 0 aromatic heterocycles. The molecule has 3 fully saturated rings. The van der Waals surface area contributed by atoms with E-state index in [9.17, 15) is 5.11 Å². The lowest BCUT2D eigenvalue weighted by molar-refractivity contribution is -0.0405. The fourth-order valence-electron chi connectivity index (χ4n) is 3.79. The fourth-order valence-corrected chi connectivity index (χ4v) is 4.48. The molecule has 1 nitrogen and oxygen atoms in total. The number of aliphatic hydroxyl groups excluding tert-OH is 1. The highest BCUT2D eigenvalue weighted by Crippen LogP contribution is 2.67. The van der Waals surface area contributed by atoms with Crippen molar-refractivity contribution < 1.29 is 5.11 Å². The number of fused-ring (bicyclic) bond motifs is 1. The van der Waals surface area contributed by atoms with Crippen LogP contribution in [-0.4, -0.2) is 17.4 Å². The third-order valence-electron chi connectivity index (χ3n) is 4.31. The van der Waals surface area contributed by atoms with Gasteiger partial charge in [-0.1, -0.05) is 13.8 Å². The summed E-state index contributed by atoms with van der Waals surface area (Å²) in [5, 5.41) is 9.44. The lowest BCUT2D eigenvalue weighted by atomic mass is 9.57. The summed E-state index contributed by atoms with van der Waals surface area (Å²) in [5.74, 6) is 2.45. The first-order chi connectivity index (χ1) is 5.62. The topological polar surface area (TPSA) is 20.2 Å². The van der Waals surface area contributed by atoms with Gasteiger partial charge in [0.25, 0.3) is 0 Å². The summed E-state index contributed by atoms with van der Waals surface area (Å²) < 4.78 is 0. The van der Waals surface area contributed by atoms with Crippen molar-refractivity contribution in [3.05, 3.63) is 0 Å². The predicted octanol–water partition coefficient (Wildman–Crippen LogP) is 1.90. The molecule has 0 saturated heterocycles. The Kier molecular flexibility index (Phi) is 2.01. The Hall–Kier alpha value is 0.390. The van der Waals surface area contributed by atoms with Gasteiger partial charge in [-0.15, -0.1) is 9.24 Å². The van der Waals surface area contributed by atoms with Crippen molar-refractivity contribution in [1.82, 2.24) is 0 Å². The van der Waals surface area contributed by atoms with Crippen molar-refractivity contribution in [2.45, 2.75) is 32.3 Å². The maximum Gasteiger partial charge on any atom is 0.0493 e. The van der Waals surface area contributed by atoms with Crippen LogP contribution >= 0.6 is 9.24 Å². The van der Waals surface area contributed by atoms with Crippen LogP contribution in [0.25, 0.3) is 0 Å². The van der Waals surface area contributed by atoms with Crippen molar-refractivity contribution in [3.8, 4) is 0 Å². The van der Waals surface area contributed by atoms with Gasteiger partial charge in [0.05, 0.1) is 0 Å². The molecule has 3 rings (SSSR count). The minimum absolute atomic E-state index is 0.311. The van der Waals surface area contributed by atoms with Gasteiger partial charge in [0, 0.05) is 6.61 Å². The second-order valence-corrected chi connectivity index (χ2v) is 5.93. The first-order valence-corrected chi connectivity index (χ1v) is 5.65. The Morgan fingerprint density at radius 3 is 2.67 bits per heavy atom. The molecule has 12 heavy (non-hydrogen) atoms. The van der Waals surface area contributed by atoms with Crippen LogP contribution in [0, 0.1) is 23.2 Å². The normalized spacial score (nSPS) is 53.5. The molecule has 0 aliphatic heterocycles. The number of hydrogen-bond donors (Lipinski definition) is 1. The zero-order valence-electron chi connectivity index (χ0n) is 7.96. The molecule has 0 spiro atoms. The lowest BCUT2D eigenvalue weighted by Gasteiger charge is -2.50. The van der Waals surface area contributed by atoms with Gasteiger partial charge in [0.15, 0.2) is 0 Å². The third kappa shape index (κ3) is 0.873. The van der Waals surface area contributed by atoms with Crippen LogP contribution in [0.2, 0.25) is 0 Å². The molecule has 6 atom stereocenters. The van der Waals surface area contributed by atoms with Crippen molar-refractivity contribution >= 4 is 9.24 Å². The van der Waals surface area contributed by atoms with E-state index in [1.54, 1.807) is 0 Å². The highest BCUT2D eigenvalue weighted by atomic mass is 31.0. The highest BCUT2D eigenvalue weighted by molar-refractivity contribution is 7.17. The minimum Gasteiger partial charge on any atom is -0.396 e. The molecule has 70 valence electrons. The predicted molar refractivity (Wildman–Crippen MR) is 54.1 cm³/mol. The second kappa shape index (κ2) is 2.69. The summed E-state index contributed by atoms with van der Waals surface area (Å²) in [6.45, 7) is 4.99. The Labute approximate surface area is 77.1 Å². The zero-order chi connectivity index (χ0) is 8.93. The molecular formula is C10H19OP. The van der Waals surface area contributed by atoms with Crippen LogP contribution in [0.3, 0.4) is 0 Å². The van der Waals surface area contributed by atoms with Crippen LogP contribution in [0.1, 0.15) is 26.7 Å². The van der Waals surface area contributed by atoms with Crippen molar-refractivity contribution in [2.75, 3.05) is 6.61 Å². The third-order valence-corrected chi connectivity index (χ3v) is 4.73. The van der Waals surface area contributed by atoms with Gasteiger partial charge in [-0.2, -0.15) is 0 Å². The molecule has 0 aromatic carbocycles. The quantitative estimate of drug-likeness (QED) is 0.653. The van der Waals surface area contributed by atoms with Gasteiger partial charge in [-0.05, 0) is 41.7 Å². The average Bonchev–Trinajstić information content (AvgIpc) is 2.37. The molecule has 3 aliphatic rings. The second-order valence-electron chi connectivity index (χ2n) is 4.88. The summed E-state index contributed by atoms with van der Waals surface area (Å²) in [4.78, 5) is 0. The van der Waals surface area contributed by atoms with Crippen LogP contribution in [0.4, 0.5) is 0 Å². The average molecular weight is 186 g/mol. The summed E-state index contributed by atoms with van der Waals surface area (Å²) in [6.07, 6.45) is 2.64. The summed E-state index contributed by atoms with van der Waals surface area (Å²) in [7, 11) is 2.91. The number of rotatable bonds is 2. The van der Waals surface area contributed by atoms with E-state index in [0.717, 1.165) is 17.8 Å². The molecule has 2 bridgehead atoms. The van der Waals surface area contributed by atoms with Crippen molar-refractivity contribution in [3.63, 3.8) is 0 Å². The van der Waals surface area contributed by atoms with Gasteiger partial charge in [0.1, 0.15) is 0 Å². The first-order valence-electron chi connectivity index (χ1n) is 4.98. The van der Waals surface area contributed by atoms with Gasteiger partial charge < -0.3 is 5.11 Å². The Balaban J connectivity index is 2.19. The monoisotopic (exact) mass is 186 g/mol. The Morgan fingerprint density at radius 2 is 2.33 bits per heavy atom. The van der Waals surface area contributed by atoms with Crippen molar-refractivity contribution in [1.29, 1.82) is 0 Å². The molecule has 3 aliphatic carbocycles. The molecule has 0 radical (unpaired) electrons. The molecular weight excluding hydrogens is 167 g/mol. The summed E-state index contributed by atoms with van der Waals surface area (Å²) >= 11 is 0. The lowest BCUT2D eigenvalue weighted by Crippen LogP contribution is -2.48. The van der Waals surface area contributed by atoms with E-state index in [-0.39, 0.29) is 0 Å². The van der Waals surface area contributed by atoms with Gasteiger partial charge in [0.2, 0.25) is 0 Å². The van der Waals surface area contributed by atoms with E-state index in [0.29, 0.717) is 17.7 Å². The van der Waals surface area contributed by atoms with E-state index < -0.39 is 0 Å². The smallest absolute Gasteiger partial charge is 0.0493 e. The molecule has 0 amide bonds. The Morgan fingerprint density at radius 1 is 1.67 bits per heavy atom. The van der Waals surface area contributed by atoms with E-state index in [1.807, 2.05) is 0 Å².